The standard InChI is InChI=1S/C12H22Cl3.Sn/c1-2-3-4-5-6-7-8-9-10-11-12(13,14)15;/h1-11H2;. The third-order valence-corrected chi connectivity index (χ3v) is 4.21. The Kier molecular flexibility index (Phi) is 13.0. The molecule has 0 N–H and O–H groups in total. The van der Waals surface area contributed by atoms with Crippen molar-refractivity contribution in [2.75, 3.05) is 0 Å². The summed E-state index contributed by atoms with van der Waals surface area (Å²) < 4.78 is 0.381. The first-order valence-corrected chi connectivity index (χ1v) is 9.43. The monoisotopic (exact) mass is 391 g/mol. The van der Waals surface area contributed by atoms with Crippen LogP contribution in [0.4, 0.5) is 0 Å². The predicted molar refractivity (Wildman–Crippen MR) is 77.0 cm³/mol. The van der Waals surface area contributed by atoms with E-state index < -0.39 is 3.79 Å². The van der Waals surface area contributed by atoms with Crippen molar-refractivity contribution in [1.29, 1.82) is 0 Å². The van der Waals surface area contributed by atoms with Crippen LogP contribution in [-0.2, 0) is 0 Å². The van der Waals surface area contributed by atoms with Gasteiger partial charge in [-0.25, -0.2) is 0 Å². The zero-order chi connectivity index (χ0) is 12.3. The molecule has 0 atom stereocenters. The van der Waals surface area contributed by atoms with Gasteiger partial charge in [0.1, 0.15) is 0 Å². The van der Waals surface area contributed by atoms with E-state index >= 15 is 0 Å². The second kappa shape index (κ2) is 11.7. The number of hydrogen-bond acceptors (Lipinski definition) is 0. The van der Waals surface area contributed by atoms with E-state index in [1.807, 2.05) is 0 Å². The van der Waals surface area contributed by atoms with Crippen molar-refractivity contribution in [2.24, 2.45) is 0 Å². The summed E-state index contributed by atoms with van der Waals surface area (Å²) >= 11 is 18.7. The Morgan fingerprint density at radius 1 is 0.625 bits per heavy atom. The zero-order valence-electron chi connectivity index (χ0n) is 9.91. The second-order valence-corrected chi connectivity index (χ2v) is 8.24. The Morgan fingerprint density at radius 3 is 1.38 bits per heavy atom. The van der Waals surface area contributed by atoms with E-state index in [1.165, 1.54) is 55.8 Å². The van der Waals surface area contributed by atoms with Crippen LogP contribution < -0.4 is 0 Å². The van der Waals surface area contributed by atoms with E-state index in [9.17, 15) is 0 Å². The summed E-state index contributed by atoms with van der Waals surface area (Å²) in [5, 5.41) is 0. The van der Waals surface area contributed by atoms with Crippen LogP contribution >= 0.6 is 34.8 Å². The quantitative estimate of drug-likeness (QED) is 0.249. The van der Waals surface area contributed by atoms with Gasteiger partial charge in [0, 0.05) is 0 Å². The van der Waals surface area contributed by atoms with Crippen molar-refractivity contribution in [3.05, 3.63) is 0 Å². The fourth-order valence-corrected chi connectivity index (χ4v) is 2.80. The molecule has 0 amide bonds. The van der Waals surface area contributed by atoms with E-state index in [0.29, 0.717) is 6.42 Å². The van der Waals surface area contributed by atoms with Crippen molar-refractivity contribution >= 4 is 57.3 Å². The van der Waals surface area contributed by atoms with Gasteiger partial charge in [-0.1, -0.05) is 34.8 Å². The average Bonchev–Trinajstić information content (AvgIpc) is 2.19. The molecular weight excluding hydrogens is 369 g/mol. The van der Waals surface area contributed by atoms with E-state index in [2.05, 4.69) is 0 Å². The molecule has 0 aliphatic carbocycles. The van der Waals surface area contributed by atoms with Gasteiger partial charge in [0.2, 0.25) is 0 Å². The van der Waals surface area contributed by atoms with E-state index in [4.69, 9.17) is 34.8 Å². The van der Waals surface area contributed by atoms with Crippen LogP contribution in [0.2, 0.25) is 4.44 Å². The molecule has 16 heavy (non-hydrogen) atoms. The van der Waals surface area contributed by atoms with Gasteiger partial charge in [-0.05, 0) is 0 Å². The first-order valence-electron chi connectivity index (χ1n) is 6.27. The van der Waals surface area contributed by atoms with E-state index in [0.717, 1.165) is 6.42 Å². The Bertz CT molecular complexity index is 146. The zero-order valence-corrected chi connectivity index (χ0v) is 15.0. The van der Waals surface area contributed by atoms with Gasteiger partial charge >= 0.3 is 95.0 Å². The maximum atomic E-state index is 5.68. The number of unbranched alkanes of at least 4 members (excludes halogenated alkanes) is 8. The molecule has 0 heterocycles. The van der Waals surface area contributed by atoms with E-state index in [1.54, 1.807) is 22.5 Å². The molecule has 0 nitrogen and oxygen atoms in total. The number of hydrogen-bond donors (Lipinski definition) is 0. The fourth-order valence-electron chi connectivity index (χ4n) is 1.69. The van der Waals surface area contributed by atoms with Crippen molar-refractivity contribution in [2.45, 2.75) is 72.4 Å². The molecule has 0 bridgehead atoms. The van der Waals surface area contributed by atoms with Gasteiger partial charge in [0.05, 0.1) is 0 Å². The first-order chi connectivity index (χ1) is 7.56. The molecule has 3 radical (unpaired) electrons. The molecule has 4 heteroatoms. The molecule has 0 aliphatic heterocycles. The molecule has 95 valence electrons. The minimum atomic E-state index is -1.04. The first kappa shape index (κ1) is 17.7. The third-order valence-electron chi connectivity index (χ3n) is 2.64. The molecule has 0 aliphatic rings. The molecule has 0 aromatic carbocycles. The predicted octanol–water partition coefficient (Wildman–Crippen LogP) is 5.84. The van der Waals surface area contributed by atoms with E-state index in [-0.39, 0.29) is 0 Å². The molecule has 0 spiro atoms. The number of halogens is 3. The van der Waals surface area contributed by atoms with Crippen molar-refractivity contribution in [3.8, 4) is 0 Å². The van der Waals surface area contributed by atoms with Crippen molar-refractivity contribution in [1.82, 2.24) is 0 Å². The summed E-state index contributed by atoms with van der Waals surface area (Å²) in [6, 6.07) is 0. The molecule has 0 saturated heterocycles. The molecule has 0 rings (SSSR count). The van der Waals surface area contributed by atoms with Crippen molar-refractivity contribution < 1.29 is 0 Å². The summed E-state index contributed by atoms with van der Waals surface area (Å²) in [5.74, 6) is 0. The Hall–Kier alpha value is 1.67. The van der Waals surface area contributed by atoms with Gasteiger partial charge in [0.25, 0.3) is 0 Å². The SMILES string of the molecule is ClC(Cl)(Cl)CCCCCCCCCC[CH2][Sn]. The topological polar surface area (TPSA) is 0 Å². The summed E-state index contributed by atoms with van der Waals surface area (Å²) in [6.45, 7) is 0. The van der Waals surface area contributed by atoms with Crippen molar-refractivity contribution in [3.63, 3.8) is 0 Å². The summed E-state index contributed by atoms with van der Waals surface area (Å²) in [7, 11) is 0. The molecular formula is C12H22Cl3Sn. The van der Waals surface area contributed by atoms with Gasteiger partial charge in [-0.3, -0.25) is 0 Å². The van der Waals surface area contributed by atoms with Gasteiger partial charge in [0.15, 0.2) is 0 Å². The van der Waals surface area contributed by atoms with Crippen LogP contribution in [-0.4, -0.2) is 26.3 Å². The normalized spacial score (nSPS) is 12.0. The minimum absolute atomic E-state index is 0.691. The van der Waals surface area contributed by atoms with Gasteiger partial charge in [-0.15, -0.1) is 0 Å². The molecule has 0 aromatic rings. The second-order valence-electron chi connectivity index (χ2n) is 4.30. The fraction of sp³-hybridized carbons (Fsp3) is 1.00. The van der Waals surface area contributed by atoms with Gasteiger partial charge < -0.3 is 0 Å². The third kappa shape index (κ3) is 15.7. The Morgan fingerprint density at radius 2 is 1.00 bits per heavy atom. The summed E-state index contributed by atoms with van der Waals surface area (Å²) in [6.07, 6.45) is 12.6. The number of alkyl halides is 3. The molecule has 0 unspecified atom stereocenters. The summed E-state index contributed by atoms with van der Waals surface area (Å²) in [5.41, 5.74) is 0. The Balaban J connectivity index is 2.99. The molecule has 0 saturated carbocycles. The van der Waals surface area contributed by atoms with Crippen LogP contribution in [0.25, 0.3) is 0 Å². The van der Waals surface area contributed by atoms with Crippen LogP contribution in [0.5, 0.6) is 0 Å². The molecule has 0 aromatic heterocycles. The molecule has 0 fully saturated rings. The average molecular weight is 391 g/mol. The van der Waals surface area contributed by atoms with Gasteiger partial charge in [-0.2, -0.15) is 0 Å². The Labute approximate surface area is 129 Å². The van der Waals surface area contributed by atoms with Crippen LogP contribution in [0.15, 0.2) is 0 Å². The van der Waals surface area contributed by atoms with Crippen LogP contribution in [0, 0.1) is 0 Å². The van der Waals surface area contributed by atoms with Crippen LogP contribution in [0.3, 0.4) is 0 Å². The van der Waals surface area contributed by atoms with Crippen LogP contribution in [0.1, 0.15) is 64.2 Å². The maximum absolute atomic E-state index is 5.68. The summed E-state index contributed by atoms with van der Waals surface area (Å²) in [4.78, 5) is 0. The number of rotatable bonds is 10.